The fourth-order valence-electron chi connectivity index (χ4n) is 2.87. The number of rotatable bonds is 8. The molecule has 1 aromatic rings. The summed E-state index contributed by atoms with van der Waals surface area (Å²) in [6, 6.07) is 4.30. The summed E-state index contributed by atoms with van der Waals surface area (Å²) in [6.45, 7) is 3.02. The van der Waals surface area contributed by atoms with Crippen LogP contribution in [0.3, 0.4) is 0 Å². The number of nitrogens with one attached hydrogen (secondary N) is 2. The van der Waals surface area contributed by atoms with Gasteiger partial charge in [-0.25, -0.2) is 0 Å². The van der Waals surface area contributed by atoms with Gasteiger partial charge >= 0.3 is 0 Å². The Morgan fingerprint density at radius 2 is 2.05 bits per heavy atom. The Morgan fingerprint density at radius 1 is 1.29 bits per heavy atom. The minimum Gasteiger partial charge on any atom is -0.396 e. The summed E-state index contributed by atoms with van der Waals surface area (Å²) in [5.74, 6) is 0.0284. The monoisotopic (exact) mass is 293 g/mol. The molecule has 1 saturated heterocycles. The first-order chi connectivity index (χ1) is 10.3. The summed E-state index contributed by atoms with van der Waals surface area (Å²) in [6.07, 6.45) is 8.08. The number of hydrogen-bond acceptors (Lipinski definition) is 3. The van der Waals surface area contributed by atoms with E-state index in [9.17, 15) is 4.79 Å². The lowest BCUT2D eigenvalue weighted by Gasteiger charge is -2.25. The quantitative estimate of drug-likeness (QED) is 0.639. The van der Waals surface area contributed by atoms with Gasteiger partial charge in [-0.2, -0.15) is 0 Å². The van der Waals surface area contributed by atoms with E-state index in [0.29, 0.717) is 12.6 Å². The van der Waals surface area contributed by atoms with Crippen molar-refractivity contribution in [2.75, 3.05) is 26.2 Å². The van der Waals surface area contributed by atoms with Crippen LogP contribution in [0.5, 0.6) is 0 Å². The van der Waals surface area contributed by atoms with Crippen LogP contribution in [-0.4, -0.2) is 41.8 Å². The van der Waals surface area contributed by atoms with Gasteiger partial charge in [-0.1, -0.05) is 12.8 Å². The van der Waals surface area contributed by atoms with Crippen LogP contribution >= 0.6 is 0 Å². The number of aliphatic hydroxyl groups is 1. The number of amides is 1. The van der Waals surface area contributed by atoms with Crippen molar-refractivity contribution in [2.24, 2.45) is 0 Å². The van der Waals surface area contributed by atoms with Crippen molar-refractivity contribution in [3.8, 4) is 0 Å². The van der Waals surface area contributed by atoms with Gasteiger partial charge in [0.15, 0.2) is 0 Å². The molecule has 3 N–H and O–H groups in total. The zero-order chi connectivity index (χ0) is 14.9. The molecule has 2 rings (SSSR count). The third-order valence-corrected chi connectivity index (χ3v) is 4.08. The van der Waals surface area contributed by atoms with Gasteiger partial charge in [0.2, 0.25) is 0 Å². The van der Waals surface area contributed by atoms with Crippen LogP contribution in [0.4, 0.5) is 0 Å². The topological polar surface area (TPSA) is 66.3 Å². The van der Waals surface area contributed by atoms with Gasteiger partial charge in [0.05, 0.1) is 0 Å². The largest absolute Gasteiger partial charge is 0.396 e. The Hall–Kier alpha value is -1.33. The average Bonchev–Trinajstić information content (AvgIpc) is 3.01. The molecule has 1 aromatic heterocycles. The van der Waals surface area contributed by atoms with Crippen molar-refractivity contribution < 1.29 is 9.90 Å². The van der Waals surface area contributed by atoms with Crippen LogP contribution < -0.4 is 10.6 Å². The standard InChI is InChI=1S/C16H27N3O2/c20-13-4-2-1-3-9-18-16(21)15-6-5-12-19(15)14-7-10-17-11-8-14/h5-6,12,14,17,20H,1-4,7-11,13H2,(H,18,21). The fourth-order valence-corrected chi connectivity index (χ4v) is 2.87. The Morgan fingerprint density at radius 3 is 2.81 bits per heavy atom. The van der Waals surface area contributed by atoms with Crippen molar-refractivity contribution in [1.29, 1.82) is 0 Å². The molecule has 1 aliphatic heterocycles. The first-order valence-electron chi connectivity index (χ1n) is 8.09. The van der Waals surface area contributed by atoms with Gasteiger partial charge in [-0.05, 0) is 50.9 Å². The first kappa shape index (κ1) is 16.0. The molecule has 1 amide bonds. The average molecular weight is 293 g/mol. The van der Waals surface area contributed by atoms with Crippen LogP contribution in [0.15, 0.2) is 18.3 Å². The van der Waals surface area contributed by atoms with Crippen LogP contribution in [0.2, 0.25) is 0 Å². The highest BCUT2D eigenvalue weighted by molar-refractivity contribution is 5.92. The molecule has 0 spiro atoms. The molecule has 0 bridgehead atoms. The van der Waals surface area contributed by atoms with Gasteiger partial charge in [0, 0.05) is 25.4 Å². The van der Waals surface area contributed by atoms with E-state index in [1.54, 1.807) is 0 Å². The molecular weight excluding hydrogens is 266 g/mol. The number of nitrogens with zero attached hydrogens (tertiary/aromatic N) is 1. The first-order valence-corrected chi connectivity index (χ1v) is 8.09. The van der Waals surface area contributed by atoms with Crippen molar-refractivity contribution in [3.05, 3.63) is 24.0 Å². The molecule has 0 unspecified atom stereocenters. The summed E-state index contributed by atoms with van der Waals surface area (Å²) >= 11 is 0. The molecule has 5 nitrogen and oxygen atoms in total. The van der Waals surface area contributed by atoms with E-state index in [1.165, 1.54) is 0 Å². The number of aromatic nitrogens is 1. The van der Waals surface area contributed by atoms with Gasteiger partial charge in [0.25, 0.3) is 5.91 Å². The third-order valence-electron chi connectivity index (χ3n) is 4.08. The maximum Gasteiger partial charge on any atom is 0.267 e. The van der Waals surface area contributed by atoms with Crippen molar-refractivity contribution in [2.45, 2.75) is 44.6 Å². The Bertz CT molecular complexity index is 425. The number of carbonyl (C=O) groups excluding carboxylic acids is 1. The van der Waals surface area contributed by atoms with E-state index in [2.05, 4.69) is 15.2 Å². The molecule has 0 aromatic carbocycles. The van der Waals surface area contributed by atoms with E-state index in [0.717, 1.165) is 57.3 Å². The third kappa shape index (κ3) is 4.86. The molecule has 2 heterocycles. The molecule has 1 aliphatic rings. The summed E-state index contributed by atoms with van der Waals surface area (Å²) in [5.41, 5.74) is 0.775. The van der Waals surface area contributed by atoms with Gasteiger partial charge in [-0.15, -0.1) is 0 Å². The number of aliphatic hydroxyl groups excluding tert-OH is 1. The van der Waals surface area contributed by atoms with Crippen LogP contribution in [0, 0.1) is 0 Å². The van der Waals surface area contributed by atoms with Gasteiger partial charge in [-0.3, -0.25) is 4.79 Å². The highest BCUT2D eigenvalue weighted by Gasteiger charge is 2.19. The second-order valence-electron chi connectivity index (χ2n) is 5.68. The van der Waals surface area contributed by atoms with Crippen LogP contribution in [-0.2, 0) is 0 Å². The van der Waals surface area contributed by atoms with Gasteiger partial charge in [0.1, 0.15) is 5.69 Å². The summed E-state index contributed by atoms with van der Waals surface area (Å²) in [7, 11) is 0. The predicted octanol–water partition coefficient (Wildman–Crippen LogP) is 1.70. The van der Waals surface area contributed by atoms with E-state index in [1.807, 2.05) is 18.3 Å². The molecule has 0 aliphatic carbocycles. The van der Waals surface area contributed by atoms with E-state index >= 15 is 0 Å². The molecule has 5 heteroatoms. The van der Waals surface area contributed by atoms with E-state index < -0.39 is 0 Å². The Balaban J connectivity index is 1.78. The smallest absolute Gasteiger partial charge is 0.267 e. The summed E-state index contributed by atoms with van der Waals surface area (Å²) < 4.78 is 2.13. The zero-order valence-electron chi connectivity index (χ0n) is 12.7. The number of piperidine rings is 1. The predicted molar refractivity (Wildman–Crippen MR) is 83.5 cm³/mol. The van der Waals surface area contributed by atoms with Crippen LogP contribution in [0.25, 0.3) is 0 Å². The van der Waals surface area contributed by atoms with E-state index in [-0.39, 0.29) is 12.5 Å². The second-order valence-corrected chi connectivity index (χ2v) is 5.68. The lowest BCUT2D eigenvalue weighted by Crippen LogP contribution is -2.32. The molecule has 0 atom stereocenters. The molecule has 0 radical (unpaired) electrons. The number of unbranched alkanes of at least 4 members (excludes halogenated alkanes) is 3. The maximum absolute atomic E-state index is 12.3. The lowest BCUT2D eigenvalue weighted by atomic mass is 10.1. The Labute approximate surface area is 126 Å². The Kier molecular flexibility index (Phi) is 6.76. The molecule has 0 saturated carbocycles. The number of carbonyl (C=O) groups is 1. The van der Waals surface area contributed by atoms with E-state index in [4.69, 9.17) is 5.11 Å². The summed E-state index contributed by atoms with van der Waals surface area (Å²) in [4.78, 5) is 12.3. The lowest BCUT2D eigenvalue weighted by molar-refractivity contribution is 0.0940. The highest BCUT2D eigenvalue weighted by atomic mass is 16.2. The van der Waals surface area contributed by atoms with Crippen molar-refractivity contribution in [1.82, 2.24) is 15.2 Å². The maximum atomic E-state index is 12.3. The SMILES string of the molecule is O=C(NCCCCCCO)c1cccn1C1CCNCC1. The molecule has 1 fully saturated rings. The number of hydrogen-bond donors (Lipinski definition) is 3. The summed E-state index contributed by atoms with van der Waals surface area (Å²) in [5, 5.41) is 15.1. The molecular formula is C16H27N3O2. The normalized spacial score (nSPS) is 16.0. The van der Waals surface area contributed by atoms with Gasteiger partial charge < -0.3 is 20.3 Å². The van der Waals surface area contributed by atoms with Crippen molar-refractivity contribution >= 4 is 5.91 Å². The molecule has 21 heavy (non-hydrogen) atoms. The second kappa shape index (κ2) is 8.85. The minimum absolute atomic E-state index is 0.0284. The molecule has 118 valence electrons. The fraction of sp³-hybridized carbons (Fsp3) is 0.688. The van der Waals surface area contributed by atoms with Crippen molar-refractivity contribution in [3.63, 3.8) is 0 Å². The zero-order valence-corrected chi connectivity index (χ0v) is 12.7. The minimum atomic E-state index is 0.0284. The van der Waals surface area contributed by atoms with Crippen LogP contribution in [0.1, 0.15) is 55.1 Å². The highest BCUT2D eigenvalue weighted by Crippen LogP contribution is 2.21.